The first kappa shape index (κ1) is 17.2. The van der Waals surface area contributed by atoms with E-state index in [1.54, 1.807) is 13.8 Å². The molecule has 0 aliphatic carbocycles. The monoisotopic (exact) mass is 341 g/mol. The van der Waals surface area contributed by atoms with Gasteiger partial charge in [0.25, 0.3) is 0 Å². The standard InChI is InChI=1S/C13H15F4NO3S/c1-8-7-21-9(2)6-18(8)22(19,20)12-4-3-10(14)5-11(12)13(15,16)17/h3-5,8-9H,6-7H2,1-2H3. The molecular weight excluding hydrogens is 326 g/mol. The summed E-state index contributed by atoms with van der Waals surface area (Å²) in [7, 11) is -4.41. The van der Waals surface area contributed by atoms with E-state index in [0.29, 0.717) is 12.1 Å². The van der Waals surface area contributed by atoms with Gasteiger partial charge in [0, 0.05) is 12.6 Å². The second-order valence-corrected chi connectivity index (χ2v) is 7.06. The number of morpholine rings is 1. The lowest BCUT2D eigenvalue weighted by Crippen LogP contribution is -2.50. The van der Waals surface area contributed by atoms with E-state index in [4.69, 9.17) is 4.74 Å². The van der Waals surface area contributed by atoms with Crippen LogP contribution in [0.4, 0.5) is 17.6 Å². The van der Waals surface area contributed by atoms with Crippen molar-refractivity contribution in [1.82, 2.24) is 4.31 Å². The van der Waals surface area contributed by atoms with Gasteiger partial charge in [-0.05, 0) is 32.0 Å². The zero-order chi connectivity index (χ0) is 16.7. The number of rotatable bonds is 2. The van der Waals surface area contributed by atoms with Gasteiger partial charge in [0.15, 0.2) is 0 Å². The van der Waals surface area contributed by atoms with E-state index >= 15 is 0 Å². The molecule has 4 nitrogen and oxygen atoms in total. The molecule has 9 heteroatoms. The zero-order valence-corrected chi connectivity index (χ0v) is 12.7. The molecule has 1 aliphatic heterocycles. The van der Waals surface area contributed by atoms with Gasteiger partial charge < -0.3 is 4.74 Å². The molecule has 1 aromatic rings. The van der Waals surface area contributed by atoms with Gasteiger partial charge in [0.1, 0.15) is 5.82 Å². The molecule has 0 amide bonds. The third-order valence-electron chi connectivity index (χ3n) is 3.38. The number of ether oxygens (including phenoxy) is 1. The highest BCUT2D eigenvalue weighted by Gasteiger charge is 2.41. The Morgan fingerprint density at radius 3 is 2.50 bits per heavy atom. The van der Waals surface area contributed by atoms with E-state index in [-0.39, 0.29) is 19.2 Å². The van der Waals surface area contributed by atoms with Crippen LogP contribution >= 0.6 is 0 Å². The normalized spacial score (nSPS) is 24.5. The zero-order valence-electron chi connectivity index (χ0n) is 11.9. The number of hydrogen-bond donors (Lipinski definition) is 0. The Hall–Kier alpha value is -1.19. The van der Waals surface area contributed by atoms with Crippen LogP contribution in [0.25, 0.3) is 0 Å². The van der Waals surface area contributed by atoms with Crippen molar-refractivity contribution in [3.8, 4) is 0 Å². The van der Waals surface area contributed by atoms with Gasteiger partial charge in [-0.2, -0.15) is 17.5 Å². The molecule has 1 fully saturated rings. The fourth-order valence-electron chi connectivity index (χ4n) is 2.28. The summed E-state index contributed by atoms with van der Waals surface area (Å²) in [5.74, 6) is -1.14. The quantitative estimate of drug-likeness (QED) is 0.777. The number of halogens is 4. The molecule has 2 unspecified atom stereocenters. The Kier molecular flexibility index (Phi) is 4.51. The highest BCUT2D eigenvalue weighted by molar-refractivity contribution is 7.89. The Morgan fingerprint density at radius 1 is 1.27 bits per heavy atom. The van der Waals surface area contributed by atoms with Crippen LogP contribution in [0.3, 0.4) is 0 Å². The van der Waals surface area contributed by atoms with Crippen molar-refractivity contribution in [2.75, 3.05) is 13.2 Å². The molecule has 0 spiro atoms. The minimum atomic E-state index is -4.97. The van der Waals surface area contributed by atoms with Crippen LogP contribution in [0.1, 0.15) is 19.4 Å². The molecule has 2 rings (SSSR count). The fourth-order valence-corrected chi connectivity index (χ4v) is 4.17. The van der Waals surface area contributed by atoms with Crippen molar-refractivity contribution in [3.63, 3.8) is 0 Å². The van der Waals surface area contributed by atoms with E-state index in [9.17, 15) is 26.0 Å². The van der Waals surface area contributed by atoms with E-state index in [1.807, 2.05) is 0 Å². The van der Waals surface area contributed by atoms with E-state index in [1.165, 1.54) is 0 Å². The molecule has 1 aromatic carbocycles. The maximum Gasteiger partial charge on any atom is 0.417 e. The number of sulfonamides is 1. The first-order valence-electron chi connectivity index (χ1n) is 6.53. The van der Waals surface area contributed by atoms with Crippen LogP contribution in [0, 0.1) is 5.82 Å². The lowest BCUT2D eigenvalue weighted by atomic mass is 10.2. The lowest BCUT2D eigenvalue weighted by molar-refractivity contribution is -0.140. The number of benzene rings is 1. The Balaban J connectivity index is 2.54. The summed E-state index contributed by atoms with van der Waals surface area (Å²) in [6, 6.07) is 0.950. The van der Waals surface area contributed by atoms with Gasteiger partial charge in [-0.25, -0.2) is 12.8 Å². The molecule has 0 aromatic heterocycles. The lowest BCUT2D eigenvalue weighted by Gasteiger charge is -2.36. The first-order chi connectivity index (χ1) is 10.0. The molecule has 0 saturated carbocycles. The fraction of sp³-hybridized carbons (Fsp3) is 0.538. The summed E-state index contributed by atoms with van der Waals surface area (Å²) < 4.78 is 83.6. The van der Waals surface area contributed by atoms with Crippen LogP contribution < -0.4 is 0 Å². The summed E-state index contributed by atoms with van der Waals surface area (Å²) in [5.41, 5.74) is -1.50. The third kappa shape index (κ3) is 3.26. The highest BCUT2D eigenvalue weighted by Crippen LogP contribution is 2.36. The second kappa shape index (κ2) is 5.78. The maximum absolute atomic E-state index is 13.1. The van der Waals surface area contributed by atoms with Crippen LogP contribution in [-0.4, -0.2) is 38.0 Å². The summed E-state index contributed by atoms with van der Waals surface area (Å²) in [4.78, 5) is -0.942. The van der Waals surface area contributed by atoms with Gasteiger partial charge in [-0.15, -0.1) is 0 Å². The van der Waals surface area contributed by atoms with Crippen molar-refractivity contribution in [1.29, 1.82) is 0 Å². The maximum atomic E-state index is 13.1. The molecular formula is C13H15F4NO3S. The van der Waals surface area contributed by atoms with Crippen molar-refractivity contribution >= 4 is 10.0 Å². The second-order valence-electron chi connectivity index (χ2n) is 5.21. The summed E-state index contributed by atoms with van der Waals surface area (Å²) >= 11 is 0. The highest BCUT2D eigenvalue weighted by atomic mass is 32.2. The first-order valence-corrected chi connectivity index (χ1v) is 7.97. The van der Waals surface area contributed by atoms with Crippen molar-refractivity contribution in [2.45, 2.75) is 37.1 Å². The van der Waals surface area contributed by atoms with Crippen LogP contribution in [-0.2, 0) is 20.9 Å². The number of hydrogen-bond acceptors (Lipinski definition) is 3. The molecule has 0 bridgehead atoms. The minimum absolute atomic E-state index is 0.0574. The number of alkyl halides is 3. The van der Waals surface area contributed by atoms with E-state index < -0.39 is 44.6 Å². The largest absolute Gasteiger partial charge is 0.417 e. The molecule has 1 heterocycles. The topological polar surface area (TPSA) is 46.6 Å². The average molecular weight is 341 g/mol. The smallest absolute Gasteiger partial charge is 0.375 e. The molecule has 124 valence electrons. The van der Waals surface area contributed by atoms with Crippen molar-refractivity contribution in [2.24, 2.45) is 0 Å². The van der Waals surface area contributed by atoms with Gasteiger partial charge >= 0.3 is 6.18 Å². The van der Waals surface area contributed by atoms with Crippen molar-refractivity contribution in [3.05, 3.63) is 29.6 Å². The van der Waals surface area contributed by atoms with Gasteiger partial charge in [-0.1, -0.05) is 0 Å². The van der Waals surface area contributed by atoms with Crippen LogP contribution in [0.2, 0.25) is 0 Å². The molecule has 2 atom stereocenters. The predicted molar refractivity (Wildman–Crippen MR) is 70.2 cm³/mol. The van der Waals surface area contributed by atoms with Gasteiger partial charge in [-0.3, -0.25) is 0 Å². The third-order valence-corrected chi connectivity index (χ3v) is 5.42. The molecule has 1 saturated heterocycles. The predicted octanol–water partition coefficient (Wildman–Crippen LogP) is 2.64. The Morgan fingerprint density at radius 2 is 1.91 bits per heavy atom. The van der Waals surface area contributed by atoms with Crippen molar-refractivity contribution < 1.29 is 30.7 Å². The number of nitrogens with zero attached hydrogens (tertiary/aromatic N) is 1. The summed E-state index contributed by atoms with van der Waals surface area (Å²) in [6.07, 6.45) is -5.40. The minimum Gasteiger partial charge on any atom is -0.375 e. The Labute approximate surface area is 125 Å². The van der Waals surface area contributed by atoms with E-state index in [2.05, 4.69) is 0 Å². The van der Waals surface area contributed by atoms with Crippen LogP contribution in [0.5, 0.6) is 0 Å². The average Bonchev–Trinajstić information content (AvgIpc) is 2.40. The molecule has 22 heavy (non-hydrogen) atoms. The van der Waals surface area contributed by atoms with Gasteiger partial charge in [0.2, 0.25) is 10.0 Å². The van der Waals surface area contributed by atoms with E-state index in [0.717, 1.165) is 4.31 Å². The Bertz CT molecular complexity index is 660. The molecule has 1 aliphatic rings. The van der Waals surface area contributed by atoms with Crippen LogP contribution in [0.15, 0.2) is 23.1 Å². The molecule has 0 N–H and O–H groups in total. The molecule has 0 radical (unpaired) electrons. The SMILES string of the molecule is CC1CN(S(=O)(=O)c2ccc(F)cc2C(F)(F)F)C(C)CO1. The summed E-state index contributed by atoms with van der Waals surface area (Å²) in [5, 5.41) is 0. The summed E-state index contributed by atoms with van der Waals surface area (Å²) in [6.45, 7) is 3.20. The van der Waals surface area contributed by atoms with Gasteiger partial charge in [0.05, 0.1) is 23.2 Å².